The van der Waals surface area contributed by atoms with Crippen molar-refractivity contribution in [3.8, 4) is 0 Å². The number of likely N-dealkylation sites (tertiary alicyclic amines) is 2. The Labute approximate surface area is 280 Å². The van der Waals surface area contributed by atoms with Crippen molar-refractivity contribution in [3.63, 3.8) is 0 Å². The first-order valence-electron chi connectivity index (χ1n) is 16.6. The minimum atomic E-state index is -0.971. The van der Waals surface area contributed by atoms with Gasteiger partial charge in [-0.3, -0.25) is 23.9 Å². The maximum atomic E-state index is 14.1. The molecule has 3 fully saturated rings. The predicted octanol–water partition coefficient (Wildman–Crippen LogP) is 1.83. The quantitative estimate of drug-likeness (QED) is 0.255. The average Bonchev–Trinajstić information content (AvgIpc) is 3.50. The van der Waals surface area contributed by atoms with Crippen LogP contribution in [-0.4, -0.2) is 100 Å². The topological polar surface area (TPSA) is 146 Å². The molecule has 3 N–H and O–H groups in total. The van der Waals surface area contributed by atoms with E-state index in [-0.39, 0.29) is 61.8 Å². The first kappa shape index (κ1) is 33.4. The number of nitrogens with one attached hydrogen (secondary N) is 2. The number of carbonyl (C=O) groups excluding carboxylic acids is 4. The SMILES string of the molecule is CNC(=O)[C@@H](NC(=O)[C@H]1CN(C(=O)c2cnn(Cc3ccccc3)c2)CC12CN(C(=O)CC1(CO)CC1)C2)[C@@H](C)OCc1ccccc1. The highest BCUT2D eigenvalue weighted by Crippen LogP contribution is 2.50. The number of benzene rings is 2. The molecule has 1 aliphatic carbocycles. The Bertz CT molecular complexity index is 1620. The molecular weight excluding hydrogens is 612 g/mol. The summed E-state index contributed by atoms with van der Waals surface area (Å²) in [5, 5.41) is 19.7. The van der Waals surface area contributed by atoms with E-state index in [0.29, 0.717) is 25.2 Å². The fraction of sp³-hybridized carbons (Fsp3) is 0.472. The van der Waals surface area contributed by atoms with Crippen LogP contribution in [0.4, 0.5) is 0 Å². The van der Waals surface area contributed by atoms with Crippen LogP contribution in [0.5, 0.6) is 0 Å². The van der Waals surface area contributed by atoms with Crippen LogP contribution in [0.25, 0.3) is 0 Å². The predicted molar refractivity (Wildman–Crippen MR) is 176 cm³/mol. The number of likely N-dealkylation sites (N-methyl/N-ethyl adjacent to an activating group) is 1. The fourth-order valence-corrected chi connectivity index (χ4v) is 6.91. The number of aliphatic hydroxyl groups excluding tert-OH is 1. The number of rotatable bonds is 13. The standard InChI is InChI=1S/C36H44N6O6/c1-25(48-20-27-11-7-4-8-12-27)31(33(46)37-2)39-32(45)29-19-40(21-36(29)22-41(23-36)30(44)15-35(24-43)13-14-35)34(47)28-16-38-42(18-28)17-26-9-5-3-6-10-26/h3-12,16,18,25,29,31,43H,13-15,17,19-24H2,1-2H3,(H,37,46)(H,39,45)/t25-,29-,31+/m1/s1. The highest BCUT2D eigenvalue weighted by Gasteiger charge is 2.60. The minimum absolute atomic E-state index is 0.0194. The second-order valence-electron chi connectivity index (χ2n) is 13.7. The lowest BCUT2D eigenvalue weighted by Gasteiger charge is -2.50. The van der Waals surface area contributed by atoms with E-state index in [2.05, 4.69) is 15.7 Å². The molecule has 3 aliphatic rings. The van der Waals surface area contributed by atoms with Gasteiger partial charge in [0.15, 0.2) is 0 Å². The molecule has 2 aliphatic heterocycles. The van der Waals surface area contributed by atoms with E-state index in [1.165, 1.54) is 7.05 Å². The van der Waals surface area contributed by atoms with Gasteiger partial charge in [-0.05, 0) is 30.9 Å². The van der Waals surface area contributed by atoms with Crippen molar-refractivity contribution < 1.29 is 29.0 Å². The Morgan fingerprint density at radius 1 is 0.979 bits per heavy atom. The summed E-state index contributed by atoms with van der Waals surface area (Å²) in [5.74, 6) is -1.71. The van der Waals surface area contributed by atoms with Gasteiger partial charge in [0.2, 0.25) is 17.7 Å². The summed E-state index contributed by atoms with van der Waals surface area (Å²) in [6.07, 6.45) is 4.53. The summed E-state index contributed by atoms with van der Waals surface area (Å²) in [6, 6.07) is 18.4. The van der Waals surface area contributed by atoms with Crippen LogP contribution in [0, 0.1) is 16.7 Å². The third-order valence-corrected chi connectivity index (χ3v) is 10.2. The number of aliphatic hydroxyl groups is 1. The number of amides is 4. The molecular formula is C36H44N6O6. The number of aromatic nitrogens is 2. The number of hydrogen-bond acceptors (Lipinski definition) is 7. The van der Waals surface area contributed by atoms with E-state index in [1.54, 1.807) is 33.8 Å². The Morgan fingerprint density at radius 3 is 2.25 bits per heavy atom. The van der Waals surface area contributed by atoms with Gasteiger partial charge in [-0.25, -0.2) is 0 Å². The molecule has 0 bridgehead atoms. The van der Waals surface area contributed by atoms with Gasteiger partial charge in [0, 0.05) is 63.3 Å². The van der Waals surface area contributed by atoms with Crippen molar-refractivity contribution in [2.45, 2.75) is 51.5 Å². The zero-order valence-corrected chi connectivity index (χ0v) is 27.5. The Morgan fingerprint density at radius 2 is 1.62 bits per heavy atom. The van der Waals surface area contributed by atoms with E-state index >= 15 is 0 Å². The van der Waals surface area contributed by atoms with Crippen LogP contribution in [-0.2, 0) is 32.3 Å². The molecule has 254 valence electrons. The summed E-state index contributed by atoms with van der Waals surface area (Å²) in [4.78, 5) is 57.5. The lowest BCUT2D eigenvalue weighted by Crippen LogP contribution is -2.65. The number of carbonyl (C=O) groups is 4. The smallest absolute Gasteiger partial charge is 0.257 e. The normalized spacial score (nSPS) is 20.1. The summed E-state index contributed by atoms with van der Waals surface area (Å²) in [7, 11) is 1.51. The van der Waals surface area contributed by atoms with Crippen molar-refractivity contribution in [1.29, 1.82) is 0 Å². The van der Waals surface area contributed by atoms with Crippen molar-refractivity contribution >= 4 is 23.6 Å². The lowest BCUT2D eigenvalue weighted by molar-refractivity contribution is -0.152. The van der Waals surface area contributed by atoms with Gasteiger partial charge in [-0.2, -0.15) is 5.10 Å². The third-order valence-electron chi connectivity index (χ3n) is 10.2. The van der Waals surface area contributed by atoms with Crippen LogP contribution < -0.4 is 10.6 Å². The zero-order valence-electron chi connectivity index (χ0n) is 27.5. The Kier molecular flexibility index (Phi) is 9.66. The van der Waals surface area contributed by atoms with Crippen LogP contribution in [0.1, 0.15) is 47.7 Å². The molecule has 3 heterocycles. The second kappa shape index (κ2) is 13.9. The number of nitrogens with zero attached hydrogens (tertiary/aromatic N) is 4. The van der Waals surface area contributed by atoms with Gasteiger partial charge in [0.1, 0.15) is 6.04 Å². The maximum Gasteiger partial charge on any atom is 0.257 e. The molecule has 1 spiro atoms. The van der Waals surface area contributed by atoms with Gasteiger partial charge in [-0.1, -0.05) is 60.7 Å². The van der Waals surface area contributed by atoms with Crippen LogP contribution in [0.15, 0.2) is 73.1 Å². The molecule has 1 aromatic heterocycles. The molecule has 1 saturated carbocycles. The molecule has 48 heavy (non-hydrogen) atoms. The van der Waals surface area contributed by atoms with Crippen LogP contribution >= 0.6 is 0 Å². The third kappa shape index (κ3) is 7.14. The van der Waals surface area contributed by atoms with Crippen molar-refractivity contribution in [3.05, 3.63) is 89.7 Å². The molecule has 12 heteroatoms. The summed E-state index contributed by atoms with van der Waals surface area (Å²) >= 11 is 0. The van der Waals surface area contributed by atoms with Crippen LogP contribution in [0.2, 0.25) is 0 Å². The summed E-state index contributed by atoms with van der Waals surface area (Å²) in [6.45, 7) is 3.56. The van der Waals surface area contributed by atoms with E-state index in [0.717, 1.165) is 24.0 Å². The van der Waals surface area contributed by atoms with E-state index in [9.17, 15) is 24.3 Å². The molecule has 0 radical (unpaired) electrons. The molecule has 3 atom stereocenters. The highest BCUT2D eigenvalue weighted by atomic mass is 16.5. The van der Waals surface area contributed by atoms with E-state index in [4.69, 9.17) is 4.74 Å². The van der Waals surface area contributed by atoms with Crippen molar-refractivity contribution in [2.24, 2.45) is 16.7 Å². The summed E-state index contributed by atoms with van der Waals surface area (Å²) in [5.41, 5.74) is 1.41. The van der Waals surface area contributed by atoms with Gasteiger partial charge in [-0.15, -0.1) is 0 Å². The minimum Gasteiger partial charge on any atom is -0.396 e. The maximum absolute atomic E-state index is 14.1. The second-order valence-corrected chi connectivity index (χ2v) is 13.7. The fourth-order valence-electron chi connectivity index (χ4n) is 6.91. The van der Waals surface area contributed by atoms with Gasteiger partial charge in [0.05, 0.1) is 36.9 Å². The average molecular weight is 657 g/mol. The van der Waals surface area contributed by atoms with Crippen LogP contribution in [0.3, 0.4) is 0 Å². The zero-order chi connectivity index (χ0) is 33.9. The van der Waals surface area contributed by atoms with Gasteiger partial charge in [0.25, 0.3) is 5.91 Å². The highest BCUT2D eigenvalue weighted by molar-refractivity contribution is 5.95. The largest absolute Gasteiger partial charge is 0.396 e. The first-order chi connectivity index (χ1) is 23.1. The summed E-state index contributed by atoms with van der Waals surface area (Å²) < 4.78 is 7.73. The van der Waals surface area contributed by atoms with Gasteiger partial charge >= 0.3 is 0 Å². The Balaban J connectivity index is 1.17. The molecule has 2 saturated heterocycles. The monoisotopic (exact) mass is 656 g/mol. The Hall–Kier alpha value is -4.55. The lowest BCUT2D eigenvalue weighted by atomic mass is 9.70. The molecule has 3 aromatic rings. The first-order valence-corrected chi connectivity index (χ1v) is 16.6. The molecule has 4 amide bonds. The van der Waals surface area contributed by atoms with E-state index in [1.807, 2.05) is 60.7 Å². The number of ether oxygens (including phenoxy) is 1. The molecule has 0 unspecified atom stereocenters. The molecule has 6 rings (SSSR count). The van der Waals surface area contributed by atoms with Crippen molar-refractivity contribution in [2.75, 3.05) is 39.8 Å². The van der Waals surface area contributed by atoms with E-state index < -0.39 is 23.5 Å². The molecule has 2 aromatic carbocycles. The van der Waals surface area contributed by atoms with Gasteiger partial charge < -0.3 is 30.3 Å². The molecule has 12 nitrogen and oxygen atoms in total. The number of hydrogen-bond donors (Lipinski definition) is 3. The van der Waals surface area contributed by atoms with Crippen molar-refractivity contribution in [1.82, 2.24) is 30.2 Å².